The number of nitrogens with one attached hydrogen (secondary N) is 2. The number of carbonyl (C=O) groups is 4. The minimum Gasteiger partial charge on any atom is -0.494 e. The van der Waals surface area contributed by atoms with E-state index in [1.165, 1.54) is 18.1 Å². The number of urea groups is 1. The van der Waals surface area contributed by atoms with Gasteiger partial charge >= 0.3 is 12.2 Å². The third kappa shape index (κ3) is 8.74. The van der Waals surface area contributed by atoms with Gasteiger partial charge in [0.25, 0.3) is 11.8 Å². The van der Waals surface area contributed by atoms with E-state index in [1.807, 2.05) is 15.8 Å². The number of amides is 5. The molecule has 0 atom stereocenters. The quantitative estimate of drug-likeness (QED) is 0.185. The van der Waals surface area contributed by atoms with E-state index in [2.05, 4.69) is 20.5 Å². The molecule has 17 heteroatoms. The number of benzene rings is 2. The molecule has 3 saturated heterocycles. The maximum Gasteiger partial charge on any atom is 0.433 e. The van der Waals surface area contributed by atoms with Gasteiger partial charge in [-0.2, -0.15) is 18.3 Å². The molecule has 4 fully saturated rings. The Labute approximate surface area is 344 Å². The predicted octanol–water partition coefficient (Wildman–Crippen LogP) is 7.56. The van der Waals surface area contributed by atoms with Crippen LogP contribution in [0.1, 0.15) is 90.4 Å². The maximum absolute atomic E-state index is 13.6. The van der Waals surface area contributed by atoms with E-state index in [0.29, 0.717) is 52.2 Å². The van der Waals surface area contributed by atoms with Gasteiger partial charge in [0.1, 0.15) is 17.1 Å². The van der Waals surface area contributed by atoms with E-state index in [9.17, 15) is 32.3 Å². The van der Waals surface area contributed by atoms with E-state index in [-0.39, 0.29) is 41.9 Å². The zero-order chi connectivity index (χ0) is 41.5. The van der Waals surface area contributed by atoms with Crippen molar-refractivity contribution in [1.82, 2.24) is 29.9 Å². The Hall–Kier alpha value is -5.22. The average Bonchev–Trinajstić information content (AvgIpc) is 3.65. The summed E-state index contributed by atoms with van der Waals surface area (Å²) in [4.78, 5) is 60.0. The SMILES string of the molecule is COc1cc2nn(C3CCC(CN4CCC5(CC4)CCN(C(=O)c4ccc(Cl)c(N6CCC(=O)NC6=O)c4)CC5)CC3)cc2cc1NC(=O)c1cccc(C(F)(F)F)n1. The number of fused-ring (bicyclic) bond motifs is 1. The fourth-order valence-electron chi connectivity index (χ4n) is 9.11. The third-order valence-corrected chi connectivity index (χ3v) is 13.0. The Kier molecular flexibility index (Phi) is 11.3. The van der Waals surface area contributed by atoms with Crippen LogP contribution in [-0.2, 0) is 11.0 Å². The van der Waals surface area contributed by atoms with Gasteiger partial charge in [-0.25, -0.2) is 9.78 Å². The number of nitrogens with zero attached hydrogens (tertiary/aromatic N) is 6. The summed E-state index contributed by atoms with van der Waals surface area (Å²) in [7, 11) is 1.46. The van der Waals surface area contributed by atoms with Crippen LogP contribution in [-0.4, -0.2) is 94.7 Å². The summed E-state index contributed by atoms with van der Waals surface area (Å²) in [6.07, 6.45) is 5.74. The standard InChI is InChI=1S/C42H46ClF3N8O5/c1-59-35-23-32-28(21-33(35)48-38(56)31-3-2-4-36(47-31)42(44,45)46)25-54(50-32)29-8-5-26(6-9-29)24-51-17-12-41(13-18-51)14-19-52(20-15-41)39(57)27-7-10-30(43)34(22-27)53-16-11-37(55)49-40(53)58/h2-4,7,10,21-23,25-26,29H,5-6,8-9,11-20,24H2,1H3,(H,48,56)(H,49,55,58). The second-order valence-corrected chi connectivity index (χ2v) is 16.7. The highest BCUT2D eigenvalue weighted by atomic mass is 35.5. The molecule has 59 heavy (non-hydrogen) atoms. The Morgan fingerprint density at radius 1 is 0.966 bits per heavy atom. The molecule has 0 radical (unpaired) electrons. The van der Waals surface area contributed by atoms with Crippen LogP contribution in [0, 0.1) is 11.3 Å². The van der Waals surface area contributed by atoms with Crippen molar-refractivity contribution in [1.29, 1.82) is 0 Å². The van der Waals surface area contributed by atoms with Gasteiger partial charge in [0.05, 0.1) is 35.1 Å². The fourth-order valence-corrected chi connectivity index (χ4v) is 9.33. The summed E-state index contributed by atoms with van der Waals surface area (Å²) in [5.74, 6) is -0.254. The summed E-state index contributed by atoms with van der Waals surface area (Å²) in [5.41, 5.74) is 0.643. The van der Waals surface area contributed by atoms with Crippen molar-refractivity contribution in [2.24, 2.45) is 11.3 Å². The molecule has 1 spiro atoms. The number of rotatable bonds is 8. The summed E-state index contributed by atoms with van der Waals surface area (Å²) < 4.78 is 47.0. The first-order valence-electron chi connectivity index (χ1n) is 20.1. The van der Waals surface area contributed by atoms with Gasteiger partial charge < -0.3 is 19.9 Å². The molecule has 4 aliphatic rings. The van der Waals surface area contributed by atoms with Crippen LogP contribution >= 0.6 is 11.6 Å². The van der Waals surface area contributed by atoms with Crippen molar-refractivity contribution in [2.45, 2.75) is 70.0 Å². The number of aromatic nitrogens is 3. The van der Waals surface area contributed by atoms with Crippen molar-refractivity contribution >= 4 is 57.6 Å². The largest absolute Gasteiger partial charge is 0.494 e. The van der Waals surface area contributed by atoms with Crippen LogP contribution in [0.15, 0.2) is 54.7 Å². The molecule has 1 saturated carbocycles. The third-order valence-electron chi connectivity index (χ3n) is 12.6. The zero-order valence-corrected chi connectivity index (χ0v) is 33.4. The summed E-state index contributed by atoms with van der Waals surface area (Å²) in [6.45, 7) is 4.73. The van der Waals surface area contributed by atoms with Crippen molar-refractivity contribution in [3.05, 3.63) is 76.7 Å². The number of pyridine rings is 1. The number of hydrogen-bond donors (Lipinski definition) is 2. The van der Waals surface area contributed by atoms with E-state index >= 15 is 0 Å². The molecule has 3 aliphatic heterocycles. The van der Waals surface area contributed by atoms with E-state index < -0.39 is 23.8 Å². The highest BCUT2D eigenvalue weighted by molar-refractivity contribution is 6.34. The van der Waals surface area contributed by atoms with Gasteiger partial charge in [0, 0.05) is 55.8 Å². The number of imide groups is 1. The van der Waals surface area contributed by atoms with Crippen molar-refractivity contribution in [3.8, 4) is 5.75 Å². The minimum absolute atomic E-state index is 0.0780. The molecule has 2 N–H and O–H groups in total. The Balaban J connectivity index is 0.808. The average molecular weight is 835 g/mol. The molecule has 0 unspecified atom stereocenters. The van der Waals surface area contributed by atoms with Crippen molar-refractivity contribution in [3.63, 3.8) is 0 Å². The Bertz CT molecular complexity index is 2260. The summed E-state index contributed by atoms with van der Waals surface area (Å²) >= 11 is 6.41. The second kappa shape index (κ2) is 16.4. The lowest BCUT2D eigenvalue weighted by Crippen LogP contribution is -2.50. The molecule has 312 valence electrons. The molecule has 0 bridgehead atoms. The highest BCUT2D eigenvalue weighted by Gasteiger charge is 2.40. The molecule has 13 nitrogen and oxygen atoms in total. The predicted molar refractivity (Wildman–Crippen MR) is 215 cm³/mol. The normalized spacial score (nSPS) is 21.4. The molecule has 5 heterocycles. The number of ether oxygens (including phenoxy) is 1. The second-order valence-electron chi connectivity index (χ2n) is 16.3. The zero-order valence-electron chi connectivity index (χ0n) is 32.7. The lowest BCUT2D eigenvalue weighted by Gasteiger charge is -2.47. The molecule has 5 amide bonds. The highest BCUT2D eigenvalue weighted by Crippen LogP contribution is 2.43. The molecule has 2 aromatic carbocycles. The lowest BCUT2D eigenvalue weighted by atomic mass is 9.71. The summed E-state index contributed by atoms with van der Waals surface area (Å²) in [6, 6.07) is 11.3. The van der Waals surface area contributed by atoms with Crippen molar-refractivity contribution in [2.75, 3.05) is 56.6 Å². The number of anilines is 2. The minimum atomic E-state index is -4.67. The monoisotopic (exact) mass is 834 g/mol. The van der Waals surface area contributed by atoms with E-state index in [1.54, 1.807) is 30.3 Å². The number of hydrogen-bond acceptors (Lipinski definition) is 8. The van der Waals surface area contributed by atoms with Crippen LogP contribution in [0.4, 0.5) is 29.3 Å². The van der Waals surface area contributed by atoms with Crippen LogP contribution in [0.2, 0.25) is 5.02 Å². The topological polar surface area (TPSA) is 142 Å². The number of carbonyl (C=O) groups excluding carboxylic acids is 4. The molecule has 1 aliphatic carbocycles. The lowest BCUT2D eigenvalue weighted by molar-refractivity contribution is -0.141. The number of piperidine rings is 2. The van der Waals surface area contributed by atoms with Gasteiger partial charge in [-0.15, -0.1) is 0 Å². The number of halogens is 4. The van der Waals surface area contributed by atoms with Gasteiger partial charge in [0.2, 0.25) is 5.91 Å². The summed E-state index contributed by atoms with van der Waals surface area (Å²) in [5, 5.41) is 10.9. The number of alkyl halides is 3. The molecular weight excluding hydrogens is 789 g/mol. The first-order valence-corrected chi connectivity index (χ1v) is 20.5. The smallest absolute Gasteiger partial charge is 0.433 e. The van der Waals surface area contributed by atoms with E-state index in [4.69, 9.17) is 21.4 Å². The Morgan fingerprint density at radius 2 is 1.69 bits per heavy atom. The number of likely N-dealkylation sites (tertiary alicyclic amines) is 2. The van der Waals surface area contributed by atoms with Gasteiger partial charge in [-0.1, -0.05) is 17.7 Å². The van der Waals surface area contributed by atoms with Crippen molar-refractivity contribution < 1.29 is 37.1 Å². The van der Waals surface area contributed by atoms with Gasteiger partial charge in [0.15, 0.2) is 0 Å². The fraction of sp³-hybridized carbons (Fsp3) is 0.476. The maximum atomic E-state index is 13.6. The van der Waals surface area contributed by atoms with Crippen LogP contribution in [0.5, 0.6) is 5.75 Å². The Morgan fingerprint density at radius 3 is 2.39 bits per heavy atom. The van der Waals surface area contributed by atoms with Gasteiger partial charge in [-0.3, -0.25) is 29.3 Å². The van der Waals surface area contributed by atoms with E-state index in [0.717, 1.165) is 88.5 Å². The molecule has 2 aromatic heterocycles. The van der Waals surface area contributed by atoms with Crippen LogP contribution < -0.4 is 20.3 Å². The number of methoxy groups -OCH3 is 1. The van der Waals surface area contributed by atoms with Gasteiger partial charge in [-0.05, 0) is 112 Å². The van der Waals surface area contributed by atoms with Crippen LogP contribution in [0.25, 0.3) is 10.9 Å². The molecular formula is C42H46ClF3N8O5. The first kappa shape index (κ1) is 40.6. The van der Waals surface area contributed by atoms with Crippen LogP contribution in [0.3, 0.4) is 0 Å². The first-order chi connectivity index (χ1) is 28.3. The molecule has 8 rings (SSSR count). The molecule has 4 aromatic rings.